The third-order valence-corrected chi connectivity index (χ3v) is 5.82. The quantitative estimate of drug-likeness (QED) is 0.421. The van der Waals surface area contributed by atoms with Crippen LogP contribution in [0, 0.1) is 0 Å². The first-order chi connectivity index (χ1) is 17.5. The molecule has 1 heterocycles. The fourth-order valence-electron chi connectivity index (χ4n) is 3.71. The maximum atomic E-state index is 6.21. The summed E-state index contributed by atoms with van der Waals surface area (Å²) in [6.45, 7) is 0. The molecule has 0 fully saturated rings. The molecule has 0 bridgehead atoms. The number of allylic oxidation sites excluding steroid dienone is 12. The fraction of sp³-hybridized carbons (Fsp3) is 0.121. The summed E-state index contributed by atoms with van der Waals surface area (Å²) in [5.74, 6) is 1.59. The minimum Gasteiger partial charge on any atom is -0.457 e. The first-order valence-electron chi connectivity index (χ1n) is 12.1. The van der Waals surface area contributed by atoms with E-state index in [0.717, 1.165) is 33.8 Å². The van der Waals surface area contributed by atoms with Gasteiger partial charge in [-0.1, -0.05) is 66.8 Å². The van der Waals surface area contributed by atoms with Crippen molar-refractivity contribution in [2.24, 2.45) is 0 Å². The molecule has 1 aliphatic carbocycles. The van der Waals surface area contributed by atoms with Crippen molar-refractivity contribution in [2.75, 3.05) is 33.1 Å². The van der Waals surface area contributed by atoms with E-state index in [0.29, 0.717) is 0 Å². The topological polar surface area (TPSA) is 15.5 Å². The van der Waals surface area contributed by atoms with Gasteiger partial charge in [0.15, 0.2) is 5.71 Å². The van der Waals surface area contributed by atoms with Gasteiger partial charge in [0.25, 0.3) is 0 Å². The monoisotopic (exact) mass is 473 g/mol. The van der Waals surface area contributed by atoms with Crippen molar-refractivity contribution >= 4 is 23.6 Å². The highest BCUT2D eigenvalue weighted by atomic mass is 16.5. The average Bonchev–Trinajstić information content (AvgIpc) is 2.90. The lowest BCUT2D eigenvalue weighted by molar-refractivity contribution is -0.462. The van der Waals surface area contributed by atoms with Crippen LogP contribution in [0.1, 0.15) is 11.1 Å². The molecule has 0 radical (unpaired) electrons. The van der Waals surface area contributed by atoms with Gasteiger partial charge >= 0.3 is 0 Å². The molecule has 180 valence electrons. The number of rotatable bonds is 6. The van der Waals surface area contributed by atoms with Crippen LogP contribution >= 0.6 is 0 Å². The molecule has 4 rings (SSSR count). The van der Waals surface area contributed by atoms with E-state index >= 15 is 0 Å². The third-order valence-electron chi connectivity index (χ3n) is 5.82. The molecule has 0 spiro atoms. The van der Waals surface area contributed by atoms with E-state index < -0.39 is 0 Å². The van der Waals surface area contributed by atoms with E-state index in [1.54, 1.807) is 0 Å². The lowest BCUT2D eigenvalue weighted by Crippen LogP contribution is -2.09. The molecule has 3 nitrogen and oxygen atoms in total. The Kier molecular flexibility index (Phi) is 8.15. The number of hydrogen-bond acceptors (Lipinski definition) is 2. The maximum absolute atomic E-state index is 6.21. The molecule has 2 aromatic rings. The highest BCUT2D eigenvalue weighted by Crippen LogP contribution is 2.24. The van der Waals surface area contributed by atoms with Gasteiger partial charge in [0.1, 0.15) is 25.6 Å². The zero-order valence-electron chi connectivity index (χ0n) is 21.4. The summed E-state index contributed by atoms with van der Waals surface area (Å²) in [6.07, 6.45) is 25.0. The molecule has 1 aliphatic heterocycles. The molecule has 3 heteroatoms. The molecule has 2 aliphatic rings. The molecule has 0 aromatic heterocycles. The lowest BCUT2D eigenvalue weighted by Gasteiger charge is -2.14. The van der Waals surface area contributed by atoms with Crippen LogP contribution in [0.15, 0.2) is 138 Å². The first-order valence-corrected chi connectivity index (χ1v) is 12.1. The number of nitrogens with zero attached hydrogens (tertiary/aromatic N) is 2. The van der Waals surface area contributed by atoms with E-state index in [-0.39, 0.29) is 0 Å². The Bertz CT molecular complexity index is 1330. The van der Waals surface area contributed by atoms with E-state index in [1.165, 1.54) is 11.4 Å². The van der Waals surface area contributed by atoms with Gasteiger partial charge < -0.3 is 9.64 Å². The van der Waals surface area contributed by atoms with Crippen molar-refractivity contribution in [3.63, 3.8) is 0 Å². The third kappa shape index (κ3) is 7.07. The summed E-state index contributed by atoms with van der Waals surface area (Å²) < 4.78 is 8.31. The van der Waals surface area contributed by atoms with Gasteiger partial charge in [-0.25, -0.2) is 4.58 Å². The van der Waals surface area contributed by atoms with E-state index in [9.17, 15) is 0 Å². The van der Waals surface area contributed by atoms with E-state index in [4.69, 9.17) is 4.74 Å². The van der Waals surface area contributed by atoms with Gasteiger partial charge in [-0.05, 0) is 70.9 Å². The predicted molar refractivity (Wildman–Crippen MR) is 154 cm³/mol. The molecule has 36 heavy (non-hydrogen) atoms. The first kappa shape index (κ1) is 24.7. The Morgan fingerprint density at radius 3 is 2.03 bits per heavy atom. The van der Waals surface area contributed by atoms with Crippen LogP contribution in [-0.4, -0.2) is 38.5 Å². The van der Waals surface area contributed by atoms with Crippen LogP contribution in [0.2, 0.25) is 0 Å². The van der Waals surface area contributed by atoms with Crippen molar-refractivity contribution in [1.82, 2.24) is 0 Å². The minimum atomic E-state index is 0.796. The van der Waals surface area contributed by atoms with E-state index in [1.807, 2.05) is 58.5 Å². The standard InChI is InChI=1S/C33H33N2O/c1-34(2)30-18-12-27(13-19-30)16-22-32-24-29(11-10-26-8-6-5-7-9-26)25-33(36-32)23-17-28-14-20-31(21-15-28)35(3)4/h5-25H,1-4H3/q+1/b11-10+. The number of ether oxygens (including phenoxy) is 1. The number of benzene rings is 2. The second-order valence-corrected chi connectivity index (χ2v) is 9.08. The Morgan fingerprint density at radius 1 is 0.694 bits per heavy atom. The van der Waals surface area contributed by atoms with Crippen molar-refractivity contribution in [3.05, 3.63) is 149 Å². The molecule has 0 unspecified atom stereocenters. The van der Waals surface area contributed by atoms with Gasteiger partial charge in [-0.3, -0.25) is 0 Å². The zero-order chi connectivity index (χ0) is 25.3. The highest BCUT2D eigenvalue weighted by Gasteiger charge is 2.08. The maximum Gasteiger partial charge on any atom is 0.199 e. The smallest absolute Gasteiger partial charge is 0.199 e. The van der Waals surface area contributed by atoms with Crippen LogP contribution in [0.3, 0.4) is 0 Å². The molecule has 0 N–H and O–H groups in total. The summed E-state index contributed by atoms with van der Waals surface area (Å²) in [5.41, 5.74) is 6.84. The lowest BCUT2D eigenvalue weighted by atomic mass is 10.1. The number of anilines is 1. The Balaban J connectivity index is 1.58. The predicted octanol–water partition coefficient (Wildman–Crippen LogP) is 6.97. The average molecular weight is 474 g/mol. The van der Waals surface area contributed by atoms with Gasteiger partial charge in [-0.2, -0.15) is 0 Å². The van der Waals surface area contributed by atoms with Crippen molar-refractivity contribution in [2.45, 2.75) is 0 Å². The van der Waals surface area contributed by atoms with Crippen LogP contribution in [-0.2, 0) is 4.74 Å². The van der Waals surface area contributed by atoms with E-state index in [2.05, 4.69) is 107 Å². The van der Waals surface area contributed by atoms with Gasteiger partial charge in [0.2, 0.25) is 0 Å². The van der Waals surface area contributed by atoms with Gasteiger partial charge in [0.05, 0.1) is 0 Å². The summed E-state index contributed by atoms with van der Waals surface area (Å²) in [5, 5.41) is 0. The highest BCUT2D eigenvalue weighted by molar-refractivity contribution is 6.02. The van der Waals surface area contributed by atoms with Gasteiger partial charge in [-0.15, -0.1) is 0 Å². The Labute approximate surface area is 215 Å². The van der Waals surface area contributed by atoms with Crippen molar-refractivity contribution in [3.8, 4) is 0 Å². The number of hydrogen-bond donors (Lipinski definition) is 0. The molecule has 0 atom stereocenters. The normalized spacial score (nSPS) is 16.4. The molecule has 2 aromatic carbocycles. The van der Waals surface area contributed by atoms with Gasteiger partial charge in [0, 0.05) is 31.9 Å². The minimum absolute atomic E-state index is 0.796. The molecule has 0 saturated carbocycles. The Hall–Kier alpha value is -4.37. The SMILES string of the molecule is CN(C)c1ccc(/C=C/C2=CC(/C=C/c3ccccc3)=CC(=C\C=C3C=CC(=[N+](C)C)C=C3)/O2)cc1. The molecular weight excluding hydrogens is 440 g/mol. The second-order valence-electron chi connectivity index (χ2n) is 9.08. The van der Waals surface area contributed by atoms with Crippen LogP contribution in [0.5, 0.6) is 0 Å². The van der Waals surface area contributed by atoms with Crippen LogP contribution in [0.4, 0.5) is 5.69 Å². The zero-order valence-corrected chi connectivity index (χ0v) is 21.4. The summed E-state index contributed by atoms with van der Waals surface area (Å²) >= 11 is 0. The summed E-state index contributed by atoms with van der Waals surface area (Å²) in [4.78, 5) is 2.10. The molecule has 0 amide bonds. The second kappa shape index (κ2) is 11.9. The van der Waals surface area contributed by atoms with Crippen molar-refractivity contribution in [1.29, 1.82) is 0 Å². The van der Waals surface area contributed by atoms with Crippen molar-refractivity contribution < 1.29 is 9.31 Å². The Morgan fingerprint density at radius 2 is 1.36 bits per heavy atom. The summed E-state index contributed by atoms with van der Waals surface area (Å²) in [6, 6.07) is 18.8. The molecule has 0 saturated heterocycles. The van der Waals surface area contributed by atoms with Crippen LogP contribution < -0.4 is 4.90 Å². The fourth-order valence-corrected chi connectivity index (χ4v) is 3.71. The summed E-state index contributed by atoms with van der Waals surface area (Å²) in [7, 11) is 8.18. The molecular formula is C33H33N2O+. The largest absolute Gasteiger partial charge is 0.457 e. The van der Waals surface area contributed by atoms with Crippen LogP contribution in [0.25, 0.3) is 12.2 Å².